The van der Waals surface area contributed by atoms with E-state index in [0.717, 1.165) is 0 Å². The fourth-order valence-corrected chi connectivity index (χ4v) is 1.50. The first kappa shape index (κ1) is 9.41. The van der Waals surface area contributed by atoms with Crippen LogP contribution in [0.1, 0.15) is 6.92 Å². The van der Waals surface area contributed by atoms with Gasteiger partial charge in [0, 0.05) is 6.20 Å². The molecule has 0 aliphatic heterocycles. The van der Waals surface area contributed by atoms with Gasteiger partial charge in [0.05, 0.1) is 5.75 Å². The molecule has 0 atom stereocenters. The van der Waals surface area contributed by atoms with Gasteiger partial charge in [-0.15, -0.1) is 0 Å². The van der Waals surface area contributed by atoms with Crippen LogP contribution in [0.3, 0.4) is 0 Å². The van der Waals surface area contributed by atoms with Crippen molar-refractivity contribution in [1.29, 1.82) is 0 Å². The molecule has 0 saturated carbocycles. The van der Waals surface area contributed by atoms with Crippen LogP contribution in [-0.4, -0.2) is 24.1 Å². The second-order valence-corrected chi connectivity index (χ2v) is 4.62. The van der Waals surface area contributed by atoms with Gasteiger partial charge in [0.1, 0.15) is 5.15 Å². The summed E-state index contributed by atoms with van der Waals surface area (Å²) in [4.78, 5) is 7.18. The highest BCUT2D eigenvalue weighted by atomic mass is 35.5. The van der Waals surface area contributed by atoms with Gasteiger partial charge in [0.2, 0.25) is 15.0 Å². The molecule has 1 aromatic heterocycles. The molecule has 0 spiro atoms. The van der Waals surface area contributed by atoms with Crippen molar-refractivity contribution >= 4 is 21.4 Å². The quantitative estimate of drug-likeness (QED) is 0.534. The molecule has 0 amide bonds. The minimum absolute atomic E-state index is 0.0205. The Bertz CT molecular complexity index is 377. The van der Waals surface area contributed by atoms with Gasteiger partial charge in [-0.05, 0) is 6.07 Å². The van der Waals surface area contributed by atoms with Crippen LogP contribution in [0.5, 0.6) is 0 Å². The first-order valence-corrected chi connectivity index (χ1v) is 5.30. The molecule has 0 bridgehead atoms. The second kappa shape index (κ2) is 3.37. The summed E-state index contributed by atoms with van der Waals surface area (Å²) in [6, 6.07) is 1.43. The first-order chi connectivity index (χ1) is 5.56. The van der Waals surface area contributed by atoms with E-state index in [4.69, 9.17) is 11.6 Å². The molecule has 0 N–H and O–H groups in total. The first-order valence-electron chi connectivity index (χ1n) is 3.27. The van der Waals surface area contributed by atoms with E-state index in [0.29, 0.717) is 0 Å². The van der Waals surface area contributed by atoms with Crippen molar-refractivity contribution in [2.75, 3.05) is 5.75 Å². The van der Waals surface area contributed by atoms with E-state index in [2.05, 4.69) is 9.97 Å². The van der Waals surface area contributed by atoms with E-state index in [-0.39, 0.29) is 16.1 Å². The third kappa shape index (κ3) is 1.92. The molecule has 0 fully saturated rings. The Morgan fingerprint density at radius 3 is 2.75 bits per heavy atom. The highest BCUT2D eigenvalue weighted by Gasteiger charge is 2.14. The number of hydrogen-bond donors (Lipinski definition) is 0. The lowest BCUT2D eigenvalue weighted by Crippen LogP contribution is -2.08. The molecule has 1 aromatic rings. The Balaban J connectivity index is 3.21. The Morgan fingerprint density at radius 2 is 2.25 bits per heavy atom. The molecule has 0 aromatic carbocycles. The third-order valence-corrected chi connectivity index (χ3v) is 2.98. The molecular weight excluding hydrogens is 200 g/mol. The van der Waals surface area contributed by atoms with Gasteiger partial charge in [0.25, 0.3) is 0 Å². The number of rotatable bonds is 2. The molecule has 12 heavy (non-hydrogen) atoms. The number of aromatic nitrogens is 2. The normalized spacial score (nSPS) is 11.5. The van der Waals surface area contributed by atoms with Crippen LogP contribution in [0.25, 0.3) is 0 Å². The molecule has 0 unspecified atom stereocenters. The van der Waals surface area contributed by atoms with Crippen LogP contribution in [-0.2, 0) is 9.84 Å². The van der Waals surface area contributed by atoms with Crippen LogP contribution >= 0.6 is 11.6 Å². The van der Waals surface area contributed by atoms with E-state index < -0.39 is 9.84 Å². The lowest BCUT2D eigenvalue weighted by molar-refractivity contribution is 0.588. The maximum atomic E-state index is 11.2. The van der Waals surface area contributed by atoms with Crippen molar-refractivity contribution in [3.05, 3.63) is 17.4 Å². The molecule has 4 nitrogen and oxygen atoms in total. The molecule has 0 aliphatic carbocycles. The molecule has 1 heterocycles. The Labute approximate surface area is 75.5 Å². The van der Waals surface area contributed by atoms with Gasteiger partial charge < -0.3 is 0 Å². The zero-order valence-electron chi connectivity index (χ0n) is 6.36. The predicted molar refractivity (Wildman–Crippen MR) is 44.8 cm³/mol. The molecule has 6 heteroatoms. The van der Waals surface area contributed by atoms with Crippen molar-refractivity contribution < 1.29 is 8.42 Å². The zero-order chi connectivity index (χ0) is 9.19. The summed E-state index contributed by atoms with van der Waals surface area (Å²) in [6.45, 7) is 1.53. The molecule has 0 radical (unpaired) electrons. The highest BCUT2D eigenvalue weighted by Crippen LogP contribution is 2.07. The Hall–Kier alpha value is -0.680. The summed E-state index contributed by atoms with van der Waals surface area (Å²) in [6.07, 6.45) is 1.32. The van der Waals surface area contributed by atoms with Gasteiger partial charge >= 0.3 is 0 Å². The highest BCUT2D eigenvalue weighted by molar-refractivity contribution is 7.91. The molecule has 0 aliphatic rings. The van der Waals surface area contributed by atoms with E-state index >= 15 is 0 Å². The minimum Gasteiger partial charge on any atom is -0.227 e. The van der Waals surface area contributed by atoms with E-state index in [9.17, 15) is 8.42 Å². The molecule has 0 saturated heterocycles. The van der Waals surface area contributed by atoms with Gasteiger partial charge in [-0.2, -0.15) is 0 Å². The van der Waals surface area contributed by atoms with Crippen LogP contribution < -0.4 is 0 Å². The maximum absolute atomic E-state index is 11.2. The summed E-state index contributed by atoms with van der Waals surface area (Å²) >= 11 is 5.49. The minimum atomic E-state index is -3.33. The maximum Gasteiger partial charge on any atom is 0.248 e. The number of hydrogen-bond acceptors (Lipinski definition) is 4. The summed E-state index contributed by atoms with van der Waals surface area (Å²) in [7, 11) is -3.33. The van der Waals surface area contributed by atoms with Crippen LogP contribution in [0.15, 0.2) is 17.4 Å². The van der Waals surface area contributed by atoms with Gasteiger partial charge in [-0.1, -0.05) is 18.5 Å². The number of sulfone groups is 1. The summed E-state index contributed by atoms with van der Waals surface area (Å²) in [5.41, 5.74) is 0. The lowest BCUT2D eigenvalue weighted by Gasteiger charge is -1.97. The monoisotopic (exact) mass is 206 g/mol. The van der Waals surface area contributed by atoms with E-state index in [1.54, 1.807) is 0 Å². The largest absolute Gasteiger partial charge is 0.248 e. The average Bonchev–Trinajstić information content (AvgIpc) is 2.05. The lowest BCUT2D eigenvalue weighted by atomic mass is 10.7. The van der Waals surface area contributed by atoms with Crippen molar-refractivity contribution in [3.63, 3.8) is 0 Å². The number of nitrogens with zero attached hydrogens (tertiary/aromatic N) is 2. The third-order valence-electron chi connectivity index (χ3n) is 1.26. The van der Waals surface area contributed by atoms with Crippen LogP contribution in [0.4, 0.5) is 0 Å². The van der Waals surface area contributed by atoms with Gasteiger partial charge in [-0.3, -0.25) is 0 Å². The Kier molecular flexibility index (Phi) is 2.64. The topological polar surface area (TPSA) is 59.9 Å². The fourth-order valence-electron chi connectivity index (χ4n) is 0.599. The van der Waals surface area contributed by atoms with Crippen LogP contribution in [0, 0.1) is 0 Å². The SMILES string of the molecule is CCS(=O)(=O)c1nccc(Cl)n1. The van der Waals surface area contributed by atoms with Gasteiger partial charge in [0.15, 0.2) is 0 Å². The fraction of sp³-hybridized carbons (Fsp3) is 0.333. The zero-order valence-corrected chi connectivity index (χ0v) is 7.93. The molecule has 66 valence electrons. The van der Waals surface area contributed by atoms with E-state index in [1.807, 2.05) is 0 Å². The van der Waals surface area contributed by atoms with Crippen molar-refractivity contribution in [2.24, 2.45) is 0 Å². The standard InChI is InChI=1S/C6H7ClN2O2S/c1-2-12(10,11)6-8-4-3-5(7)9-6/h3-4H,2H2,1H3. The van der Waals surface area contributed by atoms with Gasteiger partial charge in [-0.25, -0.2) is 18.4 Å². The smallest absolute Gasteiger partial charge is 0.227 e. The van der Waals surface area contributed by atoms with Crippen molar-refractivity contribution in [1.82, 2.24) is 9.97 Å². The van der Waals surface area contributed by atoms with E-state index in [1.165, 1.54) is 19.2 Å². The second-order valence-electron chi connectivity index (χ2n) is 2.07. The van der Waals surface area contributed by atoms with Crippen LogP contribution in [0.2, 0.25) is 5.15 Å². The predicted octanol–water partition coefficient (Wildman–Crippen LogP) is 0.924. The van der Waals surface area contributed by atoms with Crippen molar-refractivity contribution in [2.45, 2.75) is 12.1 Å². The van der Waals surface area contributed by atoms with Crippen molar-refractivity contribution in [3.8, 4) is 0 Å². The summed E-state index contributed by atoms with van der Waals surface area (Å²) < 4.78 is 22.3. The summed E-state index contributed by atoms with van der Waals surface area (Å²) in [5.74, 6) is -0.0205. The molecule has 1 rings (SSSR count). The number of halogens is 1. The summed E-state index contributed by atoms with van der Waals surface area (Å²) in [5, 5.41) is -0.0745. The average molecular weight is 207 g/mol. The Morgan fingerprint density at radius 1 is 1.58 bits per heavy atom. The molecular formula is C6H7ClN2O2S.